The van der Waals surface area contributed by atoms with Crippen LogP contribution in [-0.2, 0) is 0 Å². The number of halogens is 1. The molecule has 0 fully saturated rings. The standard InChI is InChI=1S/C9H11BrN2/c1-7(2)9-5-4-8(10)6-12(9)11-3/h4-6H,3H2,1-2H3. The highest BCUT2D eigenvalue weighted by Gasteiger charge is 2.08. The van der Waals surface area contributed by atoms with Crippen LogP contribution in [0.3, 0.4) is 0 Å². The lowest BCUT2D eigenvalue weighted by molar-refractivity contribution is 0.508. The lowest BCUT2D eigenvalue weighted by Crippen LogP contribution is -2.11. The van der Waals surface area contributed by atoms with Crippen LogP contribution in [0.4, 0.5) is 0 Å². The Balaban J connectivity index is 3.03. The fraction of sp³-hybridized carbons (Fsp3) is 0.222. The zero-order valence-electron chi connectivity index (χ0n) is 7.21. The SMILES string of the molecule is C=NN1C=C(Br)C=CC1=C(C)C. The van der Waals surface area contributed by atoms with Crippen molar-refractivity contribution in [2.75, 3.05) is 0 Å². The Bertz CT molecular complexity index is 283. The van der Waals surface area contributed by atoms with Crippen molar-refractivity contribution in [3.8, 4) is 0 Å². The van der Waals surface area contributed by atoms with Gasteiger partial charge in [-0.3, -0.25) is 0 Å². The molecule has 0 saturated carbocycles. The van der Waals surface area contributed by atoms with Crippen LogP contribution in [-0.4, -0.2) is 11.7 Å². The van der Waals surface area contributed by atoms with Crippen LogP contribution in [0.25, 0.3) is 0 Å². The van der Waals surface area contributed by atoms with Crippen molar-refractivity contribution in [1.29, 1.82) is 0 Å². The van der Waals surface area contributed by atoms with Gasteiger partial charge in [-0.1, -0.05) is 5.57 Å². The number of hydrogen-bond acceptors (Lipinski definition) is 2. The van der Waals surface area contributed by atoms with Gasteiger partial charge >= 0.3 is 0 Å². The van der Waals surface area contributed by atoms with E-state index < -0.39 is 0 Å². The molecule has 0 bridgehead atoms. The van der Waals surface area contributed by atoms with Gasteiger partial charge in [0.15, 0.2) is 0 Å². The van der Waals surface area contributed by atoms with Gasteiger partial charge < -0.3 is 0 Å². The van der Waals surface area contributed by atoms with E-state index in [0.717, 1.165) is 10.2 Å². The van der Waals surface area contributed by atoms with Crippen molar-refractivity contribution in [1.82, 2.24) is 5.01 Å². The summed E-state index contributed by atoms with van der Waals surface area (Å²) in [7, 11) is 0. The summed E-state index contributed by atoms with van der Waals surface area (Å²) in [5, 5.41) is 5.62. The Kier molecular flexibility index (Phi) is 2.87. The first-order valence-corrected chi connectivity index (χ1v) is 4.43. The molecule has 0 amide bonds. The van der Waals surface area contributed by atoms with E-state index in [1.807, 2.05) is 32.2 Å². The number of hydrazone groups is 1. The summed E-state index contributed by atoms with van der Waals surface area (Å²) in [6, 6.07) is 0. The Morgan fingerprint density at radius 2 is 2.17 bits per heavy atom. The van der Waals surface area contributed by atoms with E-state index in [0.29, 0.717) is 0 Å². The van der Waals surface area contributed by atoms with E-state index in [4.69, 9.17) is 0 Å². The number of allylic oxidation sites excluding steroid dienone is 4. The average Bonchev–Trinajstić information content (AvgIpc) is 2.03. The van der Waals surface area contributed by atoms with Crippen LogP contribution in [0.15, 0.2) is 39.2 Å². The van der Waals surface area contributed by atoms with Crippen LogP contribution in [0.2, 0.25) is 0 Å². The zero-order chi connectivity index (χ0) is 9.14. The van der Waals surface area contributed by atoms with Gasteiger partial charge in [0.25, 0.3) is 0 Å². The van der Waals surface area contributed by atoms with Gasteiger partial charge in [-0.25, -0.2) is 5.01 Å². The summed E-state index contributed by atoms with van der Waals surface area (Å²) in [6.45, 7) is 7.59. The van der Waals surface area contributed by atoms with Gasteiger partial charge in [-0.15, -0.1) is 0 Å². The summed E-state index contributed by atoms with van der Waals surface area (Å²) in [5.41, 5.74) is 2.29. The summed E-state index contributed by atoms with van der Waals surface area (Å²) in [4.78, 5) is 0. The maximum Gasteiger partial charge on any atom is 0.0632 e. The molecule has 0 unspecified atom stereocenters. The van der Waals surface area contributed by atoms with Crippen LogP contribution < -0.4 is 0 Å². The summed E-state index contributed by atoms with van der Waals surface area (Å²) < 4.78 is 1.000. The molecule has 64 valence electrons. The first-order chi connectivity index (χ1) is 5.65. The Labute approximate surface area is 81.1 Å². The molecule has 1 heterocycles. The third-order valence-electron chi connectivity index (χ3n) is 1.56. The lowest BCUT2D eigenvalue weighted by atomic mass is 10.2. The molecule has 3 heteroatoms. The van der Waals surface area contributed by atoms with Crippen LogP contribution in [0, 0.1) is 0 Å². The second-order valence-corrected chi connectivity index (χ2v) is 3.63. The molecule has 0 aliphatic carbocycles. The molecule has 0 aromatic carbocycles. The maximum atomic E-state index is 3.87. The lowest BCUT2D eigenvalue weighted by Gasteiger charge is -2.19. The predicted octanol–water partition coefficient (Wildman–Crippen LogP) is 3.00. The van der Waals surface area contributed by atoms with Crippen molar-refractivity contribution >= 4 is 22.6 Å². The summed E-state index contributed by atoms with van der Waals surface area (Å²) in [5.74, 6) is 0. The van der Waals surface area contributed by atoms with Crippen molar-refractivity contribution < 1.29 is 0 Å². The number of hydrogen-bond donors (Lipinski definition) is 0. The highest BCUT2D eigenvalue weighted by Crippen LogP contribution is 2.22. The normalized spacial score (nSPS) is 16.1. The van der Waals surface area contributed by atoms with E-state index in [1.165, 1.54) is 5.57 Å². The zero-order valence-corrected chi connectivity index (χ0v) is 8.80. The van der Waals surface area contributed by atoms with Gasteiger partial charge in [-0.2, -0.15) is 5.10 Å². The average molecular weight is 227 g/mol. The molecule has 0 atom stereocenters. The van der Waals surface area contributed by atoms with E-state index in [1.54, 1.807) is 5.01 Å². The first kappa shape index (κ1) is 9.26. The van der Waals surface area contributed by atoms with E-state index in [2.05, 4.69) is 27.7 Å². The van der Waals surface area contributed by atoms with Gasteiger partial charge in [0.1, 0.15) is 0 Å². The van der Waals surface area contributed by atoms with Crippen LogP contribution >= 0.6 is 15.9 Å². The van der Waals surface area contributed by atoms with Gasteiger partial charge in [0.2, 0.25) is 0 Å². The van der Waals surface area contributed by atoms with E-state index in [9.17, 15) is 0 Å². The quantitative estimate of drug-likeness (QED) is 0.628. The third kappa shape index (κ3) is 1.85. The second-order valence-electron chi connectivity index (χ2n) is 2.72. The fourth-order valence-electron chi connectivity index (χ4n) is 0.977. The first-order valence-electron chi connectivity index (χ1n) is 3.64. The largest absolute Gasteiger partial charge is 0.241 e. The van der Waals surface area contributed by atoms with Gasteiger partial charge in [-0.05, 0) is 41.9 Å². The van der Waals surface area contributed by atoms with E-state index in [-0.39, 0.29) is 0 Å². The monoisotopic (exact) mass is 226 g/mol. The topological polar surface area (TPSA) is 15.6 Å². The Morgan fingerprint density at radius 1 is 1.50 bits per heavy atom. The van der Waals surface area contributed by atoms with Crippen molar-refractivity contribution in [3.63, 3.8) is 0 Å². The molecule has 1 aliphatic rings. The van der Waals surface area contributed by atoms with Crippen LogP contribution in [0.1, 0.15) is 13.8 Å². The highest BCUT2D eigenvalue weighted by atomic mass is 79.9. The second kappa shape index (κ2) is 3.72. The van der Waals surface area contributed by atoms with Crippen molar-refractivity contribution in [2.24, 2.45) is 5.10 Å². The minimum absolute atomic E-state index is 1.000. The molecule has 1 rings (SSSR count). The Morgan fingerprint density at radius 3 is 2.67 bits per heavy atom. The smallest absolute Gasteiger partial charge is 0.0632 e. The van der Waals surface area contributed by atoms with Crippen molar-refractivity contribution in [2.45, 2.75) is 13.8 Å². The summed E-state index contributed by atoms with van der Waals surface area (Å²) in [6.07, 6.45) is 5.88. The Hall–Kier alpha value is -0.830. The molecule has 0 radical (unpaired) electrons. The number of rotatable bonds is 1. The fourth-order valence-corrected chi connectivity index (χ4v) is 1.30. The molecule has 0 aromatic rings. The number of nitrogens with zero attached hydrogens (tertiary/aromatic N) is 2. The third-order valence-corrected chi connectivity index (χ3v) is 2.03. The molecule has 0 N–H and O–H groups in total. The molecule has 2 nitrogen and oxygen atoms in total. The predicted molar refractivity (Wildman–Crippen MR) is 55.9 cm³/mol. The molecule has 1 aliphatic heterocycles. The molecule has 12 heavy (non-hydrogen) atoms. The van der Waals surface area contributed by atoms with Crippen molar-refractivity contribution in [3.05, 3.63) is 34.1 Å². The van der Waals surface area contributed by atoms with Gasteiger partial charge in [0, 0.05) is 17.4 Å². The highest BCUT2D eigenvalue weighted by molar-refractivity contribution is 9.11. The maximum absolute atomic E-state index is 3.87. The minimum Gasteiger partial charge on any atom is -0.241 e. The summed E-state index contributed by atoms with van der Waals surface area (Å²) >= 11 is 3.37. The molecular weight excluding hydrogens is 216 g/mol. The minimum atomic E-state index is 1.000. The molecule has 0 spiro atoms. The van der Waals surface area contributed by atoms with E-state index >= 15 is 0 Å². The molecular formula is C9H11BrN2. The van der Waals surface area contributed by atoms with Crippen LogP contribution in [0.5, 0.6) is 0 Å². The molecule has 0 saturated heterocycles. The molecule has 0 aromatic heterocycles. The van der Waals surface area contributed by atoms with Gasteiger partial charge in [0.05, 0.1) is 5.70 Å².